The van der Waals surface area contributed by atoms with E-state index in [0.29, 0.717) is 17.1 Å². The Morgan fingerprint density at radius 1 is 0.933 bits per heavy atom. The minimum Gasteiger partial charge on any atom is -0.457 e. The van der Waals surface area contributed by atoms with Crippen molar-refractivity contribution in [2.75, 3.05) is 12.1 Å². The van der Waals surface area contributed by atoms with Gasteiger partial charge in [0.05, 0.1) is 18.2 Å². The molecule has 0 saturated carbocycles. The highest BCUT2D eigenvalue weighted by Crippen LogP contribution is 2.26. The summed E-state index contributed by atoms with van der Waals surface area (Å²) < 4.78 is 5.85. The van der Waals surface area contributed by atoms with E-state index in [-0.39, 0.29) is 12.3 Å². The third-order valence-corrected chi connectivity index (χ3v) is 4.38. The summed E-state index contributed by atoms with van der Waals surface area (Å²) in [5, 5.41) is 4.26. The number of hydrogen-bond acceptors (Lipinski definition) is 4. The van der Waals surface area contributed by atoms with Gasteiger partial charge >= 0.3 is 6.03 Å². The largest absolute Gasteiger partial charge is 0.457 e. The molecule has 0 aromatic heterocycles. The summed E-state index contributed by atoms with van der Waals surface area (Å²) in [5.74, 6) is 1.02. The molecule has 3 rings (SSSR count). The van der Waals surface area contributed by atoms with Crippen LogP contribution in [0.2, 0.25) is 0 Å². The normalized spacial score (nSPS) is 11.2. The molecule has 3 aromatic rings. The van der Waals surface area contributed by atoms with Gasteiger partial charge in [0, 0.05) is 7.05 Å². The van der Waals surface area contributed by atoms with Crippen LogP contribution in [0, 0.1) is 0 Å². The minimum atomic E-state index is -0.710. The maximum atomic E-state index is 12.6. The van der Waals surface area contributed by atoms with Crippen molar-refractivity contribution in [1.82, 2.24) is 10.7 Å². The first kappa shape index (κ1) is 20.7. The molecular formula is C23H24N4O3. The predicted molar refractivity (Wildman–Crippen MR) is 116 cm³/mol. The van der Waals surface area contributed by atoms with E-state index < -0.39 is 12.1 Å². The molecular weight excluding hydrogens is 380 g/mol. The van der Waals surface area contributed by atoms with Gasteiger partial charge in [0.15, 0.2) is 0 Å². The number of ether oxygens (including phenoxy) is 1. The van der Waals surface area contributed by atoms with Crippen molar-refractivity contribution >= 4 is 17.6 Å². The maximum Gasteiger partial charge on any atom is 0.312 e. The fourth-order valence-corrected chi connectivity index (χ4v) is 2.98. The number of hydrogen-bond donors (Lipinski definition) is 3. The van der Waals surface area contributed by atoms with Gasteiger partial charge in [-0.15, -0.1) is 0 Å². The summed E-state index contributed by atoms with van der Waals surface area (Å²) in [6.07, 6.45) is 0.00883. The summed E-state index contributed by atoms with van der Waals surface area (Å²) in [4.78, 5) is 24.1. The second-order valence-corrected chi connectivity index (χ2v) is 6.68. The van der Waals surface area contributed by atoms with E-state index in [1.54, 1.807) is 30.3 Å². The number of amides is 3. The lowest BCUT2D eigenvalue weighted by molar-refractivity contribution is -0.121. The Bertz CT molecular complexity index is 980. The van der Waals surface area contributed by atoms with E-state index >= 15 is 0 Å². The van der Waals surface area contributed by atoms with Crippen molar-refractivity contribution in [1.29, 1.82) is 0 Å². The number of carbonyl (C=O) groups excluding carboxylic acids is 2. The first-order chi connectivity index (χ1) is 14.5. The zero-order chi connectivity index (χ0) is 21.3. The Labute approximate surface area is 175 Å². The second-order valence-electron chi connectivity index (χ2n) is 6.68. The maximum absolute atomic E-state index is 12.6. The monoisotopic (exact) mass is 404 g/mol. The third-order valence-electron chi connectivity index (χ3n) is 4.38. The Morgan fingerprint density at radius 2 is 1.57 bits per heavy atom. The Hall–Kier alpha value is -4.00. The summed E-state index contributed by atoms with van der Waals surface area (Å²) in [7, 11) is 1.75. The molecule has 0 aliphatic heterocycles. The van der Waals surface area contributed by atoms with Crippen LogP contribution < -0.4 is 26.2 Å². The lowest BCUT2D eigenvalue weighted by Gasteiger charge is -2.23. The number of nitrogens with one attached hydrogen (secondary N) is 2. The lowest BCUT2D eigenvalue weighted by atomic mass is 10.0. The molecule has 4 N–H and O–H groups in total. The van der Waals surface area contributed by atoms with Crippen molar-refractivity contribution < 1.29 is 14.3 Å². The Morgan fingerprint density at radius 3 is 2.23 bits per heavy atom. The summed E-state index contributed by atoms with van der Waals surface area (Å²) in [5.41, 5.74) is 9.68. The van der Waals surface area contributed by atoms with Crippen LogP contribution in [0.15, 0.2) is 84.9 Å². The van der Waals surface area contributed by atoms with E-state index in [2.05, 4.69) is 10.7 Å². The number of carbonyl (C=O) groups is 2. The Kier molecular flexibility index (Phi) is 6.89. The summed E-state index contributed by atoms with van der Waals surface area (Å²) >= 11 is 0. The van der Waals surface area contributed by atoms with E-state index in [9.17, 15) is 9.59 Å². The van der Waals surface area contributed by atoms with Gasteiger partial charge in [-0.3, -0.25) is 15.2 Å². The SMILES string of the molecule is CN(NC(=O)C[C@@H](NC(N)=O)c1cccc(Oc2ccccc2)c1)c1ccccc1. The molecule has 0 fully saturated rings. The van der Waals surface area contributed by atoms with Crippen molar-refractivity contribution in [3.63, 3.8) is 0 Å². The van der Waals surface area contributed by atoms with Gasteiger partial charge in [0.1, 0.15) is 11.5 Å². The Balaban J connectivity index is 1.71. The zero-order valence-corrected chi connectivity index (χ0v) is 16.6. The molecule has 0 heterocycles. The molecule has 0 unspecified atom stereocenters. The molecule has 7 nitrogen and oxygen atoms in total. The molecule has 3 aromatic carbocycles. The van der Waals surface area contributed by atoms with Crippen LogP contribution in [0.1, 0.15) is 18.0 Å². The quantitative estimate of drug-likeness (QED) is 0.498. The molecule has 0 radical (unpaired) electrons. The number of benzene rings is 3. The van der Waals surface area contributed by atoms with Gasteiger partial charge in [0.25, 0.3) is 0 Å². The van der Waals surface area contributed by atoms with Crippen LogP contribution in [0.4, 0.5) is 10.5 Å². The highest BCUT2D eigenvalue weighted by Gasteiger charge is 2.19. The molecule has 154 valence electrons. The van der Waals surface area contributed by atoms with Crippen LogP contribution >= 0.6 is 0 Å². The smallest absolute Gasteiger partial charge is 0.312 e. The topological polar surface area (TPSA) is 96.7 Å². The van der Waals surface area contributed by atoms with E-state index in [1.165, 1.54) is 0 Å². The summed E-state index contributed by atoms with van der Waals surface area (Å²) in [6, 6.07) is 24.7. The number of nitrogens with two attached hydrogens (primary N) is 1. The van der Waals surface area contributed by atoms with Gasteiger partial charge in [-0.2, -0.15) is 0 Å². The first-order valence-electron chi connectivity index (χ1n) is 9.48. The van der Waals surface area contributed by atoms with Crippen molar-refractivity contribution in [2.45, 2.75) is 12.5 Å². The molecule has 0 spiro atoms. The standard InChI is InChI=1S/C23H24N4O3/c1-27(18-10-4-2-5-11-18)26-22(28)16-21(25-23(24)29)17-9-8-14-20(15-17)30-19-12-6-3-7-13-19/h2-15,21H,16H2,1H3,(H,26,28)(H3,24,25,29)/t21-/m1/s1. The lowest BCUT2D eigenvalue weighted by Crippen LogP contribution is -2.42. The minimum absolute atomic E-state index is 0.00883. The van der Waals surface area contributed by atoms with Crippen LogP contribution in [0.3, 0.4) is 0 Å². The van der Waals surface area contributed by atoms with Gasteiger partial charge in [-0.1, -0.05) is 48.5 Å². The van der Waals surface area contributed by atoms with Crippen LogP contribution in [-0.2, 0) is 4.79 Å². The molecule has 1 atom stereocenters. The second kappa shape index (κ2) is 9.97. The van der Waals surface area contributed by atoms with Crippen molar-refractivity contribution in [2.24, 2.45) is 5.73 Å². The van der Waals surface area contributed by atoms with Crippen LogP contribution in [0.5, 0.6) is 11.5 Å². The summed E-state index contributed by atoms with van der Waals surface area (Å²) in [6.45, 7) is 0. The highest BCUT2D eigenvalue weighted by molar-refractivity contribution is 5.80. The molecule has 0 aliphatic rings. The molecule has 7 heteroatoms. The van der Waals surface area contributed by atoms with Gasteiger partial charge < -0.3 is 15.8 Å². The van der Waals surface area contributed by atoms with Crippen molar-refractivity contribution in [3.05, 3.63) is 90.5 Å². The first-order valence-corrected chi connectivity index (χ1v) is 9.48. The molecule has 0 bridgehead atoms. The predicted octanol–water partition coefficient (Wildman–Crippen LogP) is 3.75. The number of anilines is 1. The number of urea groups is 1. The number of rotatable bonds is 8. The number of nitrogens with zero attached hydrogens (tertiary/aromatic N) is 1. The average Bonchev–Trinajstić information content (AvgIpc) is 2.74. The zero-order valence-electron chi connectivity index (χ0n) is 16.6. The fraction of sp³-hybridized carbons (Fsp3) is 0.130. The van der Waals surface area contributed by atoms with Crippen molar-refractivity contribution in [3.8, 4) is 11.5 Å². The number of para-hydroxylation sites is 2. The van der Waals surface area contributed by atoms with Gasteiger partial charge in [-0.25, -0.2) is 4.79 Å². The number of hydrazine groups is 1. The van der Waals surface area contributed by atoms with E-state index in [1.807, 2.05) is 66.7 Å². The highest BCUT2D eigenvalue weighted by atomic mass is 16.5. The number of primary amides is 1. The van der Waals surface area contributed by atoms with Crippen LogP contribution in [0.25, 0.3) is 0 Å². The van der Waals surface area contributed by atoms with Crippen LogP contribution in [-0.4, -0.2) is 19.0 Å². The van der Waals surface area contributed by atoms with Gasteiger partial charge in [-0.05, 0) is 42.0 Å². The van der Waals surface area contributed by atoms with E-state index in [4.69, 9.17) is 10.5 Å². The van der Waals surface area contributed by atoms with E-state index in [0.717, 1.165) is 5.69 Å². The average molecular weight is 404 g/mol. The fourth-order valence-electron chi connectivity index (χ4n) is 2.98. The molecule has 3 amide bonds. The van der Waals surface area contributed by atoms with Gasteiger partial charge in [0.2, 0.25) is 5.91 Å². The third kappa shape index (κ3) is 6.00. The molecule has 30 heavy (non-hydrogen) atoms. The molecule has 0 aliphatic carbocycles. The molecule has 0 saturated heterocycles.